The molecule has 0 aliphatic heterocycles. The summed E-state index contributed by atoms with van der Waals surface area (Å²) in [4.78, 5) is 5.85. The number of nitrogens with two attached hydrogens (primary N) is 1. The second kappa shape index (κ2) is 5.04. The van der Waals surface area contributed by atoms with Gasteiger partial charge in [-0.25, -0.2) is 4.98 Å². The van der Waals surface area contributed by atoms with E-state index in [1.165, 1.54) is 28.1 Å². The molecule has 2 N–H and O–H groups in total. The van der Waals surface area contributed by atoms with Gasteiger partial charge in [0, 0.05) is 28.8 Å². The van der Waals surface area contributed by atoms with Crippen LogP contribution in [-0.4, -0.2) is 15.9 Å². The van der Waals surface area contributed by atoms with Crippen molar-refractivity contribution < 1.29 is 0 Å². The van der Waals surface area contributed by atoms with Crippen LogP contribution in [0.1, 0.15) is 22.5 Å². The number of hydrogen-bond acceptors (Lipinski definition) is 3. The van der Waals surface area contributed by atoms with Crippen LogP contribution < -0.4 is 5.73 Å². The molecule has 0 spiro atoms. The Labute approximate surface area is 123 Å². The number of aromatic nitrogens is 2. The highest BCUT2D eigenvalue weighted by molar-refractivity contribution is 7.15. The molecule has 20 heavy (non-hydrogen) atoms. The molecule has 3 nitrogen and oxygen atoms in total. The normalized spacial score (nSPS) is 11.4. The van der Waals surface area contributed by atoms with E-state index in [1.54, 1.807) is 11.3 Å². The second-order valence-electron chi connectivity index (χ2n) is 5.23. The van der Waals surface area contributed by atoms with Crippen molar-refractivity contribution in [2.45, 2.75) is 27.2 Å². The molecule has 0 bridgehead atoms. The topological polar surface area (TPSA) is 43.3 Å². The zero-order chi connectivity index (χ0) is 14.3. The molecule has 0 amide bonds. The number of aryl methyl sites for hydroxylation is 3. The Balaban J connectivity index is 2.16. The predicted octanol–water partition coefficient (Wildman–Crippen LogP) is 3.49. The monoisotopic (exact) mass is 285 g/mol. The number of imidazole rings is 1. The Morgan fingerprint density at radius 1 is 1.20 bits per heavy atom. The third-order valence-corrected chi connectivity index (χ3v) is 4.72. The van der Waals surface area contributed by atoms with Gasteiger partial charge in [-0.2, -0.15) is 0 Å². The fraction of sp³-hybridized carbons (Fsp3) is 0.312. The molecular formula is C16H19N3S. The molecule has 0 saturated heterocycles. The maximum atomic E-state index is 5.69. The molecule has 2 heterocycles. The van der Waals surface area contributed by atoms with Gasteiger partial charge in [-0.1, -0.05) is 12.1 Å². The summed E-state index contributed by atoms with van der Waals surface area (Å²) < 4.78 is 2.24. The Hall–Kier alpha value is -1.65. The number of fused-ring (bicyclic) bond motifs is 1. The first-order chi connectivity index (χ1) is 9.61. The van der Waals surface area contributed by atoms with Crippen molar-refractivity contribution in [1.82, 2.24) is 9.38 Å². The maximum Gasteiger partial charge on any atom is 0.194 e. The zero-order valence-corrected chi connectivity index (χ0v) is 12.9. The van der Waals surface area contributed by atoms with E-state index < -0.39 is 0 Å². The molecule has 104 valence electrons. The maximum absolute atomic E-state index is 5.69. The van der Waals surface area contributed by atoms with Gasteiger partial charge in [-0.05, 0) is 44.5 Å². The average molecular weight is 285 g/mol. The van der Waals surface area contributed by atoms with E-state index in [2.05, 4.69) is 48.8 Å². The van der Waals surface area contributed by atoms with Crippen LogP contribution >= 0.6 is 11.3 Å². The first-order valence-corrected chi connectivity index (χ1v) is 7.73. The molecule has 0 aliphatic carbocycles. The van der Waals surface area contributed by atoms with Crippen LogP contribution in [0.3, 0.4) is 0 Å². The molecule has 3 rings (SSSR count). The standard InChI is InChI=1S/C16H19N3S/c1-10-4-5-13(8-11(10)2)15-12(3)19-14(6-7-17)9-20-16(19)18-15/h4-5,8-9H,6-7,17H2,1-3H3. The van der Waals surface area contributed by atoms with E-state index in [1.807, 2.05) is 0 Å². The van der Waals surface area contributed by atoms with Crippen molar-refractivity contribution >= 4 is 16.3 Å². The predicted molar refractivity (Wildman–Crippen MR) is 85.5 cm³/mol. The van der Waals surface area contributed by atoms with E-state index in [0.717, 1.165) is 17.1 Å². The Morgan fingerprint density at radius 3 is 2.70 bits per heavy atom. The van der Waals surface area contributed by atoms with Crippen LogP contribution in [0, 0.1) is 20.8 Å². The lowest BCUT2D eigenvalue weighted by Crippen LogP contribution is -2.05. The van der Waals surface area contributed by atoms with Crippen molar-refractivity contribution in [3.8, 4) is 11.3 Å². The third kappa shape index (κ3) is 2.05. The number of thiazole rings is 1. The molecule has 0 atom stereocenters. The molecule has 0 fully saturated rings. The van der Waals surface area contributed by atoms with Crippen LogP contribution in [0.5, 0.6) is 0 Å². The largest absolute Gasteiger partial charge is 0.330 e. The highest BCUT2D eigenvalue weighted by Gasteiger charge is 2.14. The number of benzene rings is 1. The van der Waals surface area contributed by atoms with Gasteiger partial charge < -0.3 is 5.73 Å². The highest BCUT2D eigenvalue weighted by Crippen LogP contribution is 2.29. The highest BCUT2D eigenvalue weighted by atomic mass is 32.1. The summed E-state index contributed by atoms with van der Waals surface area (Å²) in [6, 6.07) is 6.54. The summed E-state index contributed by atoms with van der Waals surface area (Å²) in [5.74, 6) is 0. The van der Waals surface area contributed by atoms with Crippen molar-refractivity contribution in [3.63, 3.8) is 0 Å². The summed E-state index contributed by atoms with van der Waals surface area (Å²) in [6.45, 7) is 7.09. The molecule has 0 saturated carbocycles. The van der Waals surface area contributed by atoms with E-state index in [0.29, 0.717) is 6.54 Å². The molecule has 3 aromatic rings. The van der Waals surface area contributed by atoms with Crippen LogP contribution in [0.4, 0.5) is 0 Å². The van der Waals surface area contributed by atoms with Crippen LogP contribution in [0.25, 0.3) is 16.2 Å². The summed E-state index contributed by atoms with van der Waals surface area (Å²) in [5.41, 5.74) is 13.0. The minimum atomic E-state index is 0.669. The van der Waals surface area contributed by atoms with E-state index >= 15 is 0 Å². The summed E-state index contributed by atoms with van der Waals surface area (Å²) in [5, 5.41) is 2.16. The summed E-state index contributed by atoms with van der Waals surface area (Å²) in [7, 11) is 0. The van der Waals surface area contributed by atoms with Gasteiger partial charge in [0.15, 0.2) is 4.96 Å². The minimum Gasteiger partial charge on any atom is -0.330 e. The number of hydrogen-bond donors (Lipinski definition) is 1. The number of nitrogens with zero attached hydrogens (tertiary/aromatic N) is 2. The van der Waals surface area contributed by atoms with Gasteiger partial charge in [-0.3, -0.25) is 4.40 Å². The van der Waals surface area contributed by atoms with Gasteiger partial charge in [0.2, 0.25) is 0 Å². The second-order valence-corrected chi connectivity index (χ2v) is 6.07. The lowest BCUT2D eigenvalue weighted by atomic mass is 10.0. The van der Waals surface area contributed by atoms with Crippen LogP contribution in [0.15, 0.2) is 23.6 Å². The average Bonchev–Trinajstić information content (AvgIpc) is 2.95. The van der Waals surface area contributed by atoms with Gasteiger partial charge in [0.25, 0.3) is 0 Å². The fourth-order valence-corrected chi connectivity index (χ4v) is 3.52. The van der Waals surface area contributed by atoms with Gasteiger partial charge >= 0.3 is 0 Å². The SMILES string of the molecule is Cc1ccc(-c2nc3scc(CCN)n3c2C)cc1C. The zero-order valence-electron chi connectivity index (χ0n) is 12.1. The molecule has 2 aromatic heterocycles. The van der Waals surface area contributed by atoms with Crippen LogP contribution in [-0.2, 0) is 6.42 Å². The molecule has 0 aliphatic rings. The number of rotatable bonds is 3. The lowest BCUT2D eigenvalue weighted by molar-refractivity contribution is 0.896. The van der Waals surface area contributed by atoms with E-state index in [4.69, 9.17) is 10.7 Å². The quantitative estimate of drug-likeness (QED) is 0.800. The molecule has 0 unspecified atom stereocenters. The molecule has 1 aromatic carbocycles. The van der Waals surface area contributed by atoms with Crippen molar-refractivity contribution in [2.24, 2.45) is 5.73 Å². The summed E-state index contributed by atoms with van der Waals surface area (Å²) >= 11 is 1.69. The Kier molecular flexibility index (Phi) is 3.36. The van der Waals surface area contributed by atoms with Crippen molar-refractivity contribution in [3.05, 3.63) is 46.1 Å². The Bertz CT molecular complexity index is 767. The Morgan fingerprint density at radius 2 is 2.00 bits per heavy atom. The first kappa shape index (κ1) is 13.3. The van der Waals surface area contributed by atoms with Gasteiger partial charge in [-0.15, -0.1) is 11.3 Å². The van der Waals surface area contributed by atoms with E-state index in [9.17, 15) is 0 Å². The first-order valence-electron chi connectivity index (χ1n) is 6.85. The van der Waals surface area contributed by atoms with Gasteiger partial charge in [0.05, 0.1) is 5.69 Å². The minimum absolute atomic E-state index is 0.669. The third-order valence-electron chi connectivity index (χ3n) is 3.85. The van der Waals surface area contributed by atoms with Crippen molar-refractivity contribution in [1.29, 1.82) is 0 Å². The van der Waals surface area contributed by atoms with E-state index in [-0.39, 0.29) is 0 Å². The fourth-order valence-electron chi connectivity index (χ4n) is 2.55. The molecular weight excluding hydrogens is 266 g/mol. The lowest BCUT2D eigenvalue weighted by Gasteiger charge is -2.05. The van der Waals surface area contributed by atoms with Crippen LogP contribution in [0.2, 0.25) is 0 Å². The molecule has 0 radical (unpaired) electrons. The molecule has 4 heteroatoms. The van der Waals surface area contributed by atoms with Gasteiger partial charge in [0.1, 0.15) is 0 Å². The summed E-state index contributed by atoms with van der Waals surface area (Å²) in [6.07, 6.45) is 0.892. The van der Waals surface area contributed by atoms with Crippen molar-refractivity contribution in [2.75, 3.05) is 6.54 Å². The smallest absolute Gasteiger partial charge is 0.194 e.